The minimum atomic E-state index is -0.447. The second-order valence-electron chi connectivity index (χ2n) is 4.89. The number of hydrogen-bond acceptors (Lipinski definition) is 6. The molecule has 0 amide bonds. The molecule has 1 heterocycles. The van der Waals surface area contributed by atoms with E-state index in [-0.39, 0.29) is 12.3 Å². The number of nitro groups is 1. The van der Waals surface area contributed by atoms with E-state index in [1.54, 1.807) is 12.1 Å². The zero-order chi connectivity index (χ0) is 16.2. The maximum Gasteiger partial charge on any atom is 0.269 e. The molecular weight excluding hydrogens is 296 g/mol. The molecule has 0 bridgehead atoms. The maximum absolute atomic E-state index is 10.8. The highest BCUT2D eigenvalue weighted by Gasteiger charge is 2.13. The second-order valence-corrected chi connectivity index (χ2v) is 4.89. The number of benzene rings is 1. The Morgan fingerprint density at radius 2 is 1.61 bits per heavy atom. The van der Waals surface area contributed by atoms with Crippen molar-refractivity contribution in [3.05, 3.63) is 58.6 Å². The fourth-order valence-electron chi connectivity index (χ4n) is 2.19. The summed E-state index contributed by atoms with van der Waals surface area (Å²) >= 11 is 0. The molecule has 1 aliphatic carbocycles. The Morgan fingerprint density at radius 3 is 2.13 bits per heavy atom. The number of aliphatic hydroxyl groups is 1. The highest BCUT2D eigenvalue weighted by molar-refractivity contribution is 5.67. The number of rotatable bonds is 5. The average Bonchev–Trinajstić information content (AvgIpc) is 2.86. The molecule has 116 valence electrons. The first kappa shape index (κ1) is 14.9. The van der Waals surface area contributed by atoms with Crippen molar-refractivity contribution in [1.29, 1.82) is 0 Å². The molecule has 23 heavy (non-hydrogen) atoms. The van der Waals surface area contributed by atoms with Crippen LogP contribution in [0.1, 0.15) is 0 Å². The molecule has 0 aromatic heterocycles. The van der Waals surface area contributed by atoms with Crippen LogP contribution in [0.15, 0.2) is 48.5 Å². The SMILES string of the molecule is O=[N+]([O-])c1ccc2nc(-c3ccc(NCCO)cc3)nc-2cc1. The van der Waals surface area contributed by atoms with E-state index in [0.717, 1.165) is 11.3 Å². The Hall–Kier alpha value is -3.06. The zero-order valence-electron chi connectivity index (χ0n) is 12.1. The quantitative estimate of drug-likeness (QED) is 0.555. The Morgan fingerprint density at radius 1 is 1.00 bits per heavy atom. The first-order valence-electron chi connectivity index (χ1n) is 7.05. The van der Waals surface area contributed by atoms with Crippen molar-refractivity contribution in [3.8, 4) is 22.8 Å². The molecule has 0 spiro atoms. The highest BCUT2D eigenvalue weighted by Crippen LogP contribution is 2.26. The van der Waals surface area contributed by atoms with Gasteiger partial charge in [-0.05, 0) is 36.4 Å². The van der Waals surface area contributed by atoms with Gasteiger partial charge in [-0.25, -0.2) is 9.97 Å². The van der Waals surface area contributed by atoms with Crippen molar-refractivity contribution >= 4 is 11.4 Å². The van der Waals surface area contributed by atoms with E-state index in [1.165, 1.54) is 12.1 Å². The molecule has 0 saturated carbocycles. The topological polar surface area (TPSA) is 101 Å². The van der Waals surface area contributed by atoms with E-state index < -0.39 is 4.92 Å². The summed E-state index contributed by atoms with van der Waals surface area (Å²) in [6, 6.07) is 13.6. The lowest BCUT2D eigenvalue weighted by Crippen LogP contribution is -2.04. The normalized spacial score (nSPS) is 10.7. The van der Waals surface area contributed by atoms with Crippen molar-refractivity contribution in [3.63, 3.8) is 0 Å². The van der Waals surface area contributed by atoms with E-state index in [9.17, 15) is 10.1 Å². The van der Waals surface area contributed by atoms with E-state index in [2.05, 4.69) is 15.3 Å². The summed E-state index contributed by atoms with van der Waals surface area (Å²) in [4.78, 5) is 19.2. The highest BCUT2D eigenvalue weighted by atomic mass is 16.6. The molecule has 1 aromatic rings. The Kier molecular flexibility index (Phi) is 4.11. The number of hydrogen-bond donors (Lipinski definition) is 2. The number of nitrogens with zero attached hydrogens (tertiary/aromatic N) is 3. The van der Waals surface area contributed by atoms with Crippen LogP contribution in [0.3, 0.4) is 0 Å². The molecule has 3 rings (SSSR count). The van der Waals surface area contributed by atoms with Gasteiger partial charge in [-0.15, -0.1) is 0 Å². The lowest BCUT2D eigenvalue weighted by Gasteiger charge is -2.04. The molecule has 7 heteroatoms. The monoisotopic (exact) mass is 310 g/mol. The van der Waals surface area contributed by atoms with E-state index in [0.29, 0.717) is 23.8 Å². The van der Waals surface area contributed by atoms with Gasteiger partial charge in [0.15, 0.2) is 5.82 Å². The third-order valence-electron chi connectivity index (χ3n) is 3.33. The average molecular weight is 310 g/mol. The van der Waals surface area contributed by atoms with Crippen molar-refractivity contribution in [2.45, 2.75) is 0 Å². The Bertz CT molecular complexity index is 771. The van der Waals surface area contributed by atoms with Gasteiger partial charge in [-0.2, -0.15) is 0 Å². The van der Waals surface area contributed by atoms with Gasteiger partial charge in [0.2, 0.25) is 0 Å². The van der Waals surface area contributed by atoms with Gasteiger partial charge in [0.05, 0.1) is 22.9 Å². The van der Waals surface area contributed by atoms with Gasteiger partial charge in [0.1, 0.15) is 0 Å². The minimum Gasteiger partial charge on any atom is -0.395 e. The van der Waals surface area contributed by atoms with Crippen LogP contribution in [0.25, 0.3) is 22.8 Å². The van der Waals surface area contributed by atoms with Gasteiger partial charge < -0.3 is 10.4 Å². The molecule has 0 radical (unpaired) electrons. The summed E-state index contributed by atoms with van der Waals surface area (Å²) < 4.78 is 0. The largest absolute Gasteiger partial charge is 0.395 e. The summed E-state index contributed by atoms with van der Waals surface area (Å²) in [5.74, 6) is 0.572. The maximum atomic E-state index is 10.8. The molecule has 2 aliphatic rings. The standard InChI is InChI=1S/C16H14N4O3/c21-10-9-17-12-3-1-11(2-4-12)16-18-14-7-5-13(20(22)23)6-8-15(14)19-16/h1-8,17,21H,9-10H2. The van der Waals surface area contributed by atoms with Crippen molar-refractivity contribution in [2.24, 2.45) is 0 Å². The van der Waals surface area contributed by atoms with Gasteiger partial charge >= 0.3 is 0 Å². The van der Waals surface area contributed by atoms with Crippen LogP contribution < -0.4 is 5.32 Å². The Labute approximate surface area is 132 Å². The second kappa shape index (κ2) is 6.37. The number of anilines is 1. The molecule has 0 saturated heterocycles. The number of nitrogens with one attached hydrogen (secondary N) is 1. The first-order chi connectivity index (χ1) is 11.2. The molecule has 0 fully saturated rings. The predicted molar refractivity (Wildman–Crippen MR) is 86.3 cm³/mol. The molecule has 1 aliphatic heterocycles. The minimum absolute atomic E-state index is 0.00524. The molecule has 2 N–H and O–H groups in total. The van der Waals surface area contributed by atoms with Gasteiger partial charge in [-0.1, -0.05) is 0 Å². The van der Waals surface area contributed by atoms with E-state index in [1.807, 2.05) is 24.3 Å². The Balaban J connectivity index is 1.90. The molecule has 7 nitrogen and oxygen atoms in total. The summed E-state index contributed by atoms with van der Waals surface area (Å²) in [6.45, 7) is 0.563. The molecular formula is C16H14N4O3. The lowest BCUT2D eigenvalue weighted by atomic mass is 10.2. The van der Waals surface area contributed by atoms with Crippen LogP contribution in [0.4, 0.5) is 11.4 Å². The number of aliphatic hydroxyl groups excluding tert-OH is 1. The van der Waals surface area contributed by atoms with E-state index >= 15 is 0 Å². The smallest absolute Gasteiger partial charge is 0.269 e. The molecule has 0 unspecified atom stereocenters. The van der Waals surface area contributed by atoms with Crippen molar-refractivity contribution in [1.82, 2.24) is 9.97 Å². The van der Waals surface area contributed by atoms with Crippen LogP contribution in [-0.2, 0) is 0 Å². The third kappa shape index (κ3) is 3.24. The summed E-state index contributed by atoms with van der Waals surface area (Å²) in [5, 5.41) is 22.6. The fourth-order valence-corrected chi connectivity index (χ4v) is 2.19. The van der Waals surface area contributed by atoms with Gasteiger partial charge in [0.25, 0.3) is 5.69 Å². The summed E-state index contributed by atoms with van der Waals surface area (Å²) in [5.41, 5.74) is 2.98. The van der Waals surface area contributed by atoms with Gasteiger partial charge in [-0.3, -0.25) is 10.1 Å². The number of fused-ring (bicyclic) bond motifs is 1. The zero-order valence-corrected chi connectivity index (χ0v) is 12.1. The van der Waals surface area contributed by atoms with Crippen LogP contribution in [-0.4, -0.2) is 33.1 Å². The number of aromatic nitrogens is 2. The number of imidazole rings is 1. The van der Waals surface area contributed by atoms with Crippen LogP contribution >= 0.6 is 0 Å². The predicted octanol–water partition coefficient (Wildman–Crippen LogP) is 2.56. The van der Waals surface area contributed by atoms with Crippen LogP contribution in [0.5, 0.6) is 0 Å². The third-order valence-corrected chi connectivity index (χ3v) is 3.33. The van der Waals surface area contributed by atoms with Crippen molar-refractivity contribution in [2.75, 3.05) is 18.5 Å². The summed E-state index contributed by atoms with van der Waals surface area (Å²) in [6.07, 6.45) is 0. The van der Waals surface area contributed by atoms with E-state index in [4.69, 9.17) is 5.11 Å². The van der Waals surface area contributed by atoms with Crippen LogP contribution in [0.2, 0.25) is 0 Å². The lowest BCUT2D eigenvalue weighted by molar-refractivity contribution is -0.384. The molecule has 1 aromatic carbocycles. The summed E-state index contributed by atoms with van der Waals surface area (Å²) in [7, 11) is 0. The van der Waals surface area contributed by atoms with Crippen molar-refractivity contribution < 1.29 is 10.0 Å². The molecule has 0 atom stereocenters. The fraction of sp³-hybridized carbons (Fsp3) is 0.125. The van der Waals surface area contributed by atoms with Crippen LogP contribution in [0, 0.1) is 10.1 Å². The van der Waals surface area contributed by atoms with Gasteiger partial charge in [0, 0.05) is 29.9 Å². The first-order valence-corrected chi connectivity index (χ1v) is 7.05.